The molecule has 0 aliphatic heterocycles. The summed E-state index contributed by atoms with van der Waals surface area (Å²) in [5.74, 6) is -0.391. The van der Waals surface area contributed by atoms with E-state index in [-0.39, 0.29) is 31.2 Å². The van der Waals surface area contributed by atoms with E-state index in [0.717, 1.165) is 22.9 Å². The van der Waals surface area contributed by atoms with Crippen molar-refractivity contribution in [1.29, 1.82) is 0 Å². The van der Waals surface area contributed by atoms with Crippen molar-refractivity contribution in [3.8, 4) is 0 Å². The first-order chi connectivity index (χ1) is 10.5. The molecule has 0 aliphatic carbocycles. The Labute approximate surface area is 133 Å². The van der Waals surface area contributed by atoms with Gasteiger partial charge in [-0.05, 0) is 48.4 Å². The summed E-state index contributed by atoms with van der Waals surface area (Å²) in [4.78, 5) is 23.9. The molecule has 1 heterocycles. The summed E-state index contributed by atoms with van der Waals surface area (Å²) >= 11 is 1.46. The van der Waals surface area contributed by atoms with Crippen molar-refractivity contribution < 1.29 is 19.4 Å². The number of Topliss-reactive ketones (excluding diaryl/α,β-unsaturated/α-hetero) is 1. The van der Waals surface area contributed by atoms with Crippen molar-refractivity contribution in [1.82, 2.24) is 0 Å². The molecule has 0 bridgehead atoms. The molecule has 1 N–H and O–H groups in total. The van der Waals surface area contributed by atoms with Crippen LogP contribution in [-0.4, -0.2) is 30.6 Å². The second-order valence-electron chi connectivity index (χ2n) is 5.25. The molecule has 1 aromatic heterocycles. The normalized spacial score (nSPS) is 10.9. The molecule has 0 amide bonds. The number of ketones is 1. The molecule has 2 aromatic rings. The van der Waals surface area contributed by atoms with Crippen molar-refractivity contribution in [2.45, 2.75) is 32.6 Å². The number of hydrogen-bond acceptors (Lipinski definition) is 5. The fraction of sp³-hybridized carbons (Fsp3) is 0.412. The molecule has 0 radical (unpaired) electrons. The smallest absolute Gasteiger partial charge is 0.305 e. The third-order valence-electron chi connectivity index (χ3n) is 3.64. The molecule has 0 saturated heterocycles. The summed E-state index contributed by atoms with van der Waals surface area (Å²) < 4.78 is 5.63. The van der Waals surface area contributed by atoms with E-state index >= 15 is 0 Å². The highest BCUT2D eigenvalue weighted by molar-refractivity contribution is 7.20. The van der Waals surface area contributed by atoms with Gasteiger partial charge < -0.3 is 9.84 Å². The van der Waals surface area contributed by atoms with Gasteiger partial charge in [0.05, 0.1) is 18.4 Å². The molecule has 0 atom stereocenters. The molecule has 0 spiro atoms. The monoisotopic (exact) mass is 320 g/mol. The Morgan fingerprint density at radius 1 is 1.23 bits per heavy atom. The molecule has 2 rings (SSSR count). The Morgan fingerprint density at radius 2 is 2.00 bits per heavy atom. The van der Waals surface area contributed by atoms with Crippen LogP contribution >= 0.6 is 11.3 Å². The maximum atomic E-state index is 12.1. The summed E-state index contributed by atoms with van der Waals surface area (Å²) in [6.07, 6.45) is 1.86. The minimum atomic E-state index is -0.364. The number of esters is 1. The fourth-order valence-corrected chi connectivity index (χ4v) is 3.46. The molecular weight excluding hydrogens is 300 g/mol. The highest BCUT2D eigenvalue weighted by Crippen LogP contribution is 2.30. The maximum Gasteiger partial charge on any atom is 0.305 e. The predicted molar refractivity (Wildman–Crippen MR) is 87.5 cm³/mol. The number of rotatable bonds is 7. The van der Waals surface area contributed by atoms with Gasteiger partial charge in [-0.1, -0.05) is 6.07 Å². The van der Waals surface area contributed by atoms with Gasteiger partial charge >= 0.3 is 5.97 Å². The van der Waals surface area contributed by atoms with Crippen molar-refractivity contribution in [3.05, 3.63) is 34.2 Å². The van der Waals surface area contributed by atoms with Crippen LogP contribution in [0, 0.1) is 6.92 Å². The summed E-state index contributed by atoms with van der Waals surface area (Å²) in [7, 11) is 1.32. The molecule has 0 aliphatic rings. The molecule has 22 heavy (non-hydrogen) atoms. The van der Waals surface area contributed by atoms with Crippen LogP contribution < -0.4 is 0 Å². The van der Waals surface area contributed by atoms with E-state index < -0.39 is 0 Å². The minimum absolute atomic E-state index is 0.0267. The average molecular weight is 320 g/mol. The topological polar surface area (TPSA) is 63.6 Å². The van der Waals surface area contributed by atoms with Crippen LogP contribution in [0.15, 0.2) is 18.2 Å². The minimum Gasteiger partial charge on any atom is -0.469 e. The largest absolute Gasteiger partial charge is 0.469 e. The van der Waals surface area contributed by atoms with Crippen LogP contribution in [0.4, 0.5) is 0 Å². The molecule has 0 saturated carbocycles. The van der Waals surface area contributed by atoms with E-state index in [9.17, 15) is 9.59 Å². The standard InChI is InChI=1S/C17H20O4S/c1-11-8-15-13(9-12(11)4-3-7-18)10-16(22-15)14(19)5-6-17(20)21-2/h8-10,18H,3-7H2,1-2H3. The molecule has 4 nitrogen and oxygen atoms in total. The number of hydrogen-bond donors (Lipinski definition) is 1. The van der Waals surface area contributed by atoms with Crippen molar-refractivity contribution in [2.75, 3.05) is 13.7 Å². The quantitative estimate of drug-likeness (QED) is 0.628. The Morgan fingerprint density at radius 3 is 2.68 bits per heavy atom. The van der Waals surface area contributed by atoms with E-state index in [0.29, 0.717) is 4.88 Å². The van der Waals surface area contributed by atoms with Gasteiger partial charge in [0, 0.05) is 17.7 Å². The van der Waals surface area contributed by atoms with E-state index in [4.69, 9.17) is 5.11 Å². The Bertz CT molecular complexity index is 687. The lowest BCUT2D eigenvalue weighted by Crippen LogP contribution is -2.04. The van der Waals surface area contributed by atoms with Crippen LogP contribution in [0.2, 0.25) is 0 Å². The van der Waals surface area contributed by atoms with Gasteiger partial charge in [-0.2, -0.15) is 0 Å². The maximum absolute atomic E-state index is 12.1. The zero-order valence-corrected chi connectivity index (χ0v) is 13.7. The van der Waals surface area contributed by atoms with Crippen molar-refractivity contribution >= 4 is 33.2 Å². The number of thiophene rings is 1. The fourth-order valence-electron chi connectivity index (χ4n) is 2.35. The van der Waals surface area contributed by atoms with E-state index in [1.54, 1.807) is 0 Å². The van der Waals surface area contributed by atoms with Crippen LogP contribution in [0.1, 0.15) is 40.1 Å². The number of ether oxygens (including phenoxy) is 1. The number of methoxy groups -OCH3 is 1. The number of aliphatic hydroxyl groups is 1. The van der Waals surface area contributed by atoms with E-state index in [1.165, 1.54) is 29.6 Å². The third kappa shape index (κ3) is 3.93. The number of aliphatic hydroxyl groups excluding tert-OH is 1. The molecule has 118 valence electrons. The van der Waals surface area contributed by atoms with Crippen LogP contribution in [0.5, 0.6) is 0 Å². The Balaban J connectivity index is 2.19. The zero-order chi connectivity index (χ0) is 16.1. The molecule has 0 fully saturated rings. The second kappa shape index (κ2) is 7.51. The highest BCUT2D eigenvalue weighted by Gasteiger charge is 2.13. The van der Waals surface area contributed by atoms with Gasteiger partial charge in [0.15, 0.2) is 5.78 Å². The summed E-state index contributed by atoms with van der Waals surface area (Å²) in [6, 6.07) is 6.07. The number of aryl methyl sites for hydroxylation is 2. The second-order valence-corrected chi connectivity index (χ2v) is 6.34. The van der Waals surface area contributed by atoms with Crippen molar-refractivity contribution in [3.63, 3.8) is 0 Å². The number of fused-ring (bicyclic) bond motifs is 1. The summed E-state index contributed by atoms with van der Waals surface area (Å²) in [5.41, 5.74) is 2.38. The van der Waals surface area contributed by atoms with Crippen LogP contribution in [-0.2, 0) is 16.0 Å². The van der Waals surface area contributed by atoms with Gasteiger partial charge in [-0.25, -0.2) is 0 Å². The summed E-state index contributed by atoms with van der Waals surface area (Å²) in [6.45, 7) is 2.23. The predicted octanol–water partition coefficient (Wildman–Crippen LogP) is 3.27. The molecule has 5 heteroatoms. The summed E-state index contributed by atoms with van der Waals surface area (Å²) in [5, 5.41) is 10.00. The van der Waals surface area contributed by atoms with Gasteiger partial charge in [0.2, 0.25) is 0 Å². The molecule has 1 aromatic carbocycles. The molecule has 0 unspecified atom stereocenters. The Hall–Kier alpha value is -1.72. The first-order valence-electron chi connectivity index (χ1n) is 7.29. The Kier molecular flexibility index (Phi) is 5.69. The van der Waals surface area contributed by atoms with Gasteiger partial charge in [-0.3, -0.25) is 9.59 Å². The number of benzene rings is 1. The third-order valence-corrected chi connectivity index (χ3v) is 4.78. The average Bonchev–Trinajstić information content (AvgIpc) is 2.92. The number of carbonyl (C=O) groups is 2. The number of carbonyl (C=O) groups excluding carboxylic acids is 2. The van der Waals surface area contributed by atoms with Gasteiger partial charge in [0.1, 0.15) is 0 Å². The van der Waals surface area contributed by atoms with E-state index in [1.807, 2.05) is 13.0 Å². The van der Waals surface area contributed by atoms with E-state index in [2.05, 4.69) is 16.9 Å². The van der Waals surface area contributed by atoms with Crippen molar-refractivity contribution in [2.24, 2.45) is 0 Å². The van der Waals surface area contributed by atoms with Crippen LogP contribution in [0.3, 0.4) is 0 Å². The SMILES string of the molecule is COC(=O)CCC(=O)c1cc2cc(CCCO)c(C)cc2s1. The lowest BCUT2D eigenvalue weighted by atomic mass is 10.0. The molecular formula is C17H20O4S. The zero-order valence-electron chi connectivity index (χ0n) is 12.8. The highest BCUT2D eigenvalue weighted by atomic mass is 32.1. The lowest BCUT2D eigenvalue weighted by Gasteiger charge is -2.04. The first-order valence-corrected chi connectivity index (χ1v) is 8.10. The van der Waals surface area contributed by atoms with Crippen LogP contribution in [0.25, 0.3) is 10.1 Å². The lowest BCUT2D eigenvalue weighted by molar-refractivity contribution is -0.140. The van der Waals surface area contributed by atoms with Gasteiger partial charge in [0.25, 0.3) is 0 Å². The van der Waals surface area contributed by atoms with Gasteiger partial charge in [-0.15, -0.1) is 11.3 Å². The first kappa shape index (κ1) is 16.6.